The van der Waals surface area contributed by atoms with Gasteiger partial charge in [-0.2, -0.15) is 0 Å². The highest BCUT2D eigenvalue weighted by Gasteiger charge is 2.26. The first-order valence-electron chi connectivity index (χ1n) is 9.02. The molecular formula is C19H29N3O2. The summed E-state index contributed by atoms with van der Waals surface area (Å²) in [5.74, 6) is 0. The van der Waals surface area contributed by atoms with Crippen molar-refractivity contribution in [1.82, 2.24) is 15.1 Å². The number of carbonyl (C=O) groups is 1. The van der Waals surface area contributed by atoms with Crippen LogP contribution in [-0.2, 0) is 17.7 Å². The number of hydrogen-bond acceptors (Lipinski definition) is 3. The number of urea groups is 1. The fourth-order valence-corrected chi connectivity index (χ4v) is 3.72. The Balaban J connectivity index is 1.49. The van der Waals surface area contributed by atoms with E-state index in [-0.39, 0.29) is 18.2 Å². The summed E-state index contributed by atoms with van der Waals surface area (Å²) >= 11 is 0. The molecule has 3 rings (SSSR count). The Kier molecular flexibility index (Phi) is 5.41. The lowest BCUT2D eigenvalue weighted by Gasteiger charge is -2.39. The van der Waals surface area contributed by atoms with Gasteiger partial charge in [-0.05, 0) is 38.3 Å². The molecule has 5 nitrogen and oxygen atoms in total. The molecule has 2 heterocycles. The number of ether oxygens (including phenoxy) is 1. The number of rotatable bonds is 3. The smallest absolute Gasteiger partial charge is 0.317 e. The molecule has 1 fully saturated rings. The molecule has 0 radical (unpaired) electrons. The Bertz CT molecular complexity index is 567. The van der Waals surface area contributed by atoms with Gasteiger partial charge in [-0.3, -0.25) is 4.90 Å². The van der Waals surface area contributed by atoms with Crippen molar-refractivity contribution in [2.24, 2.45) is 0 Å². The molecular weight excluding hydrogens is 302 g/mol. The molecule has 132 valence electrons. The molecule has 24 heavy (non-hydrogen) atoms. The van der Waals surface area contributed by atoms with Gasteiger partial charge in [0.25, 0.3) is 0 Å². The Hall–Kier alpha value is -1.59. The minimum absolute atomic E-state index is 0.0470. The molecule has 0 saturated carbocycles. The fraction of sp³-hybridized carbons (Fsp3) is 0.632. The summed E-state index contributed by atoms with van der Waals surface area (Å²) in [5.41, 5.74) is 2.63. The summed E-state index contributed by atoms with van der Waals surface area (Å²) in [4.78, 5) is 16.8. The maximum atomic E-state index is 12.5. The number of nitrogens with zero attached hydrogens (tertiary/aromatic N) is 2. The quantitative estimate of drug-likeness (QED) is 0.924. The van der Waals surface area contributed by atoms with E-state index in [0.29, 0.717) is 19.1 Å². The van der Waals surface area contributed by atoms with E-state index in [1.807, 2.05) is 11.0 Å². The predicted molar refractivity (Wildman–Crippen MR) is 95.0 cm³/mol. The van der Waals surface area contributed by atoms with Crippen LogP contribution in [0, 0.1) is 0 Å². The normalized spacial score (nSPS) is 25.9. The van der Waals surface area contributed by atoms with E-state index in [0.717, 1.165) is 26.1 Å². The van der Waals surface area contributed by atoms with Crippen molar-refractivity contribution in [3.8, 4) is 0 Å². The minimum Gasteiger partial charge on any atom is -0.373 e. The molecule has 2 amide bonds. The Morgan fingerprint density at radius 2 is 1.92 bits per heavy atom. The molecule has 3 unspecified atom stereocenters. The second-order valence-electron chi connectivity index (χ2n) is 7.19. The van der Waals surface area contributed by atoms with E-state index in [4.69, 9.17) is 4.74 Å². The van der Waals surface area contributed by atoms with Crippen LogP contribution in [-0.4, -0.2) is 60.3 Å². The molecule has 0 bridgehead atoms. The number of amides is 2. The average molecular weight is 331 g/mol. The highest BCUT2D eigenvalue weighted by atomic mass is 16.5. The molecule has 1 aromatic rings. The third-order valence-corrected chi connectivity index (χ3v) is 5.04. The lowest BCUT2D eigenvalue weighted by atomic mass is 10.0. The van der Waals surface area contributed by atoms with Crippen LogP contribution in [0.3, 0.4) is 0 Å². The Morgan fingerprint density at radius 3 is 2.62 bits per heavy atom. The second kappa shape index (κ2) is 7.53. The topological polar surface area (TPSA) is 44.8 Å². The van der Waals surface area contributed by atoms with E-state index in [1.165, 1.54) is 11.1 Å². The maximum Gasteiger partial charge on any atom is 0.317 e. The van der Waals surface area contributed by atoms with E-state index in [9.17, 15) is 4.79 Å². The molecule has 0 spiro atoms. The molecule has 0 aliphatic carbocycles. The van der Waals surface area contributed by atoms with Crippen molar-refractivity contribution in [1.29, 1.82) is 0 Å². The minimum atomic E-state index is 0.0470. The lowest BCUT2D eigenvalue weighted by Crippen LogP contribution is -2.53. The van der Waals surface area contributed by atoms with Gasteiger partial charge in [0.1, 0.15) is 0 Å². The summed E-state index contributed by atoms with van der Waals surface area (Å²) in [7, 11) is 0. The van der Waals surface area contributed by atoms with E-state index >= 15 is 0 Å². The predicted octanol–water partition coefficient (Wildman–Crippen LogP) is 2.25. The van der Waals surface area contributed by atoms with Crippen molar-refractivity contribution in [2.45, 2.75) is 52.0 Å². The summed E-state index contributed by atoms with van der Waals surface area (Å²) in [6.07, 6.45) is 1.45. The zero-order valence-electron chi connectivity index (χ0n) is 15.0. The first-order chi connectivity index (χ1) is 11.5. The van der Waals surface area contributed by atoms with Gasteiger partial charge in [-0.15, -0.1) is 0 Å². The van der Waals surface area contributed by atoms with Gasteiger partial charge >= 0.3 is 6.03 Å². The van der Waals surface area contributed by atoms with Crippen LogP contribution in [0.4, 0.5) is 4.79 Å². The monoisotopic (exact) mass is 331 g/mol. The largest absolute Gasteiger partial charge is 0.373 e. The van der Waals surface area contributed by atoms with Gasteiger partial charge in [-0.1, -0.05) is 24.3 Å². The van der Waals surface area contributed by atoms with Crippen molar-refractivity contribution >= 4 is 6.03 Å². The number of morpholine rings is 1. The van der Waals surface area contributed by atoms with Gasteiger partial charge in [0, 0.05) is 38.8 Å². The highest BCUT2D eigenvalue weighted by Crippen LogP contribution is 2.18. The summed E-state index contributed by atoms with van der Waals surface area (Å²) < 4.78 is 5.78. The first-order valence-corrected chi connectivity index (χ1v) is 9.02. The summed E-state index contributed by atoms with van der Waals surface area (Å²) in [5, 5.41) is 3.11. The summed E-state index contributed by atoms with van der Waals surface area (Å²) in [6.45, 7) is 10.4. The highest BCUT2D eigenvalue weighted by molar-refractivity contribution is 5.74. The Labute approximate surface area is 145 Å². The SMILES string of the molecule is CC1CN(C(C)CNC(=O)N2CCc3ccccc3C2)CC(C)O1. The lowest BCUT2D eigenvalue weighted by molar-refractivity contribution is -0.0778. The fourth-order valence-electron chi connectivity index (χ4n) is 3.72. The van der Waals surface area contributed by atoms with Gasteiger partial charge in [0.15, 0.2) is 0 Å². The zero-order valence-corrected chi connectivity index (χ0v) is 15.0. The molecule has 2 aliphatic rings. The van der Waals surface area contributed by atoms with Crippen LogP contribution in [0.25, 0.3) is 0 Å². The van der Waals surface area contributed by atoms with Crippen LogP contribution < -0.4 is 5.32 Å². The third-order valence-electron chi connectivity index (χ3n) is 5.04. The van der Waals surface area contributed by atoms with E-state index in [1.54, 1.807) is 0 Å². The van der Waals surface area contributed by atoms with Crippen molar-refractivity contribution in [3.05, 3.63) is 35.4 Å². The third kappa shape index (κ3) is 4.08. The van der Waals surface area contributed by atoms with Gasteiger partial charge in [0.2, 0.25) is 0 Å². The van der Waals surface area contributed by atoms with Gasteiger partial charge in [-0.25, -0.2) is 4.79 Å². The molecule has 1 N–H and O–H groups in total. The van der Waals surface area contributed by atoms with Crippen LogP contribution in [0.15, 0.2) is 24.3 Å². The number of nitrogens with one attached hydrogen (secondary N) is 1. The number of carbonyl (C=O) groups excluding carboxylic acids is 1. The van der Waals surface area contributed by atoms with Crippen LogP contribution in [0.1, 0.15) is 31.9 Å². The van der Waals surface area contributed by atoms with Crippen LogP contribution in [0.5, 0.6) is 0 Å². The van der Waals surface area contributed by atoms with Crippen LogP contribution >= 0.6 is 0 Å². The van der Waals surface area contributed by atoms with Crippen molar-refractivity contribution in [3.63, 3.8) is 0 Å². The standard InChI is InChI=1S/C19H29N3O2/c1-14(22-11-15(2)24-16(3)12-22)10-20-19(23)21-9-8-17-6-4-5-7-18(17)13-21/h4-7,14-16H,8-13H2,1-3H3,(H,20,23). The molecule has 3 atom stereocenters. The molecule has 1 saturated heterocycles. The zero-order chi connectivity index (χ0) is 17.1. The second-order valence-corrected chi connectivity index (χ2v) is 7.19. The van der Waals surface area contributed by atoms with Crippen molar-refractivity contribution < 1.29 is 9.53 Å². The average Bonchev–Trinajstić information content (AvgIpc) is 2.58. The molecule has 2 aliphatic heterocycles. The van der Waals surface area contributed by atoms with Gasteiger partial charge in [0.05, 0.1) is 12.2 Å². The number of benzene rings is 1. The maximum absolute atomic E-state index is 12.5. The van der Waals surface area contributed by atoms with Gasteiger partial charge < -0.3 is 15.0 Å². The molecule has 1 aromatic carbocycles. The number of fused-ring (bicyclic) bond motifs is 1. The van der Waals surface area contributed by atoms with E-state index < -0.39 is 0 Å². The van der Waals surface area contributed by atoms with Crippen molar-refractivity contribution in [2.75, 3.05) is 26.2 Å². The van der Waals surface area contributed by atoms with Crippen LogP contribution in [0.2, 0.25) is 0 Å². The summed E-state index contributed by atoms with van der Waals surface area (Å²) in [6, 6.07) is 8.76. The Morgan fingerprint density at radius 1 is 1.25 bits per heavy atom. The first kappa shape index (κ1) is 17.2. The number of hydrogen-bond donors (Lipinski definition) is 1. The molecule has 5 heteroatoms. The molecule has 0 aromatic heterocycles. The van der Waals surface area contributed by atoms with E-state index in [2.05, 4.69) is 49.2 Å².